The third-order valence-corrected chi connectivity index (χ3v) is 3.52. The molecule has 6 heteroatoms. The Hall–Kier alpha value is -1.95. The van der Waals surface area contributed by atoms with Gasteiger partial charge in [0, 0.05) is 0 Å². The summed E-state index contributed by atoms with van der Waals surface area (Å²) in [6.45, 7) is 7.21. The normalized spacial score (nSPS) is 24.4. The second-order valence-corrected chi connectivity index (χ2v) is 5.28. The fourth-order valence-corrected chi connectivity index (χ4v) is 1.92. The molecule has 0 bridgehead atoms. The number of nitrogens with zero attached hydrogens (tertiary/aromatic N) is 1. The van der Waals surface area contributed by atoms with Crippen molar-refractivity contribution in [3.05, 3.63) is 24.3 Å². The van der Waals surface area contributed by atoms with Gasteiger partial charge < -0.3 is 14.6 Å². The van der Waals surface area contributed by atoms with Crippen LogP contribution in [0.4, 0.5) is 10.5 Å². The zero-order chi connectivity index (χ0) is 15.0. The molecule has 1 aliphatic heterocycles. The van der Waals surface area contributed by atoms with E-state index in [9.17, 15) is 9.90 Å². The Bertz CT molecular complexity index is 514. The molecule has 0 spiro atoms. The smallest absolute Gasteiger partial charge is 0.432 e. The van der Waals surface area contributed by atoms with Crippen molar-refractivity contribution in [2.24, 2.45) is 0 Å². The Labute approximate surface area is 118 Å². The molecule has 1 amide bonds. The van der Waals surface area contributed by atoms with Crippen molar-refractivity contribution in [2.45, 2.75) is 39.0 Å². The highest BCUT2D eigenvalue weighted by atomic mass is 16.6. The van der Waals surface area contributed by atoms with E-state index in [2.05, 4.69) is 5.43 Å². The number of cyclic esters (lactones) is 1. The first-order valence-electron chi connectivity index (χ1n) is 6.53. The van der Waals surface area contributed by atoms with Gasteiger partial charge in [0.25, 0.3) is 0 Å². The number of hydrazine groups is 1. The molecule has 110 valence electrons. The Morgan fingerprint density at radius 1 is 1.35 bits per heavy atom. The summed E-state index contributed by atoms with van der Waals surface area (Å²) in [5.41, 5.74) is 0.962. The highest BCUT2D eigenvalue weighted by Gasteiger charge is 2.57. The minimum absolute atomic E-state index is 0.505. The van der Waals surface area contributed by atoms with E-state index in [-0.39, 0.29) is 0 Å². The molecule has 1 saturated heterocycles. The molecule has 1 aromatic carbocycles. The van der Waals surface area contributed by atoms with E-state index in [1.807, 2.05) is 19.1 Å². The molecule has 0 radical (unpaired) electrons. The predicted molar refractivity (Wildman–Crippen MR) is 74.3 cm³/mol. The van der Waals surface area contributed by atoms with Gasteiger partial charge in [-0.3, -0.25) is 5.43 Å². The average molecular weight is 280 g/mol. The van der Waals surface area contributed by atoms with E-state index in [0.717, 1.165) is 5.01 Å². The lowest BCUT2D eigenvalue weighted by atomic mass is 9.97. The maximum absolute atomic E-state index is 11.9. The summed E-state index contributed by atoms with van der Waals surface area (Å²) in [6, 6.07) is 7.19. The van der Waals surface area contributed by atoms with Crippen LogP contribution in [0.3, 0.4) is 0 Å². The fraction of sp³-hybridized carbons (Fsp3) is 0.500. The predicted octanol–water partition coefficient (Wildman–Crippen LogP) is 2.35. The number of nitrogens with one attached hydrogen (secondary N) is 1. The third-order valence-electron chi connectivity index (χ3n) is 3.52. The molecule has 0 aromatic heterocycles. The molecule has 1 heterocycles. The number of hydrogen-bond donors (Lipinski definition) is 2. The van der Waals surface area contributed by atoms with Gasteiger partial charge in [-0.2, -0.15) is 5.01 Å². The molecular weight excluding hydrogens is 260 g/mol. The lowest BCUT2D eigenvalue weighted by Gasteiger charge is -2.35. The topological polar surface area (TPSA) is 71.0 Å². The molecule has 6 nitrogen and oxygen atoms in total. The Morgan fingerprint density at radius 2 is 2.00 bits per heavy atom. The van der Waals surface area contributed by atoms with Crippen molar-refractivity contribution in [1.29, 1.82) is 0 Å². The number of amides is 1. The monoisotopic (exact) mass is 280 g/mol. The van der Waals surface area contributed by atoms with Gasteiger partial charge in [0.1, 0.15) is 5.75 Å². The highest BCUT2D eigenvalue weighted by Crippen LogP contribution is 2.38. The van der Waals surface area contributed by atoms with Gasteiger partial charge in [0.2, 0.25) is 0 Å². The quantitative estimate of drug-likeness (QED) is 0.886. The first kappa shape index (κ1) is 14.5. The van der Waals surface area contributed by atoms with E-state index < -0.39 is 17.4 Å². The van der Waals surface area contributed by atoms with Gasteiger partial charge in [-0.05, 0) is 39.8 Å². The van der Waals surface area contributed by atoms with E-state index in [4.69, 9.17) is 9.47 Å². The number of anilines is 1. The van der Waals surface area contributed by atoms with Crippen molar-refractivity contribution < 1.29 is 19.4 Å². The van der Waals surface area contributed by atoms with Crippen LogP contribution in [-0.4, -0.2) is 34.1 Å². The first-order chi connectivity index (χ1) is 9.29. The number of benzene rings is 1. The van der Waals surface area contributed by atoms with E-state index in [1.165, 1.54) is 6.92 Å². The standard InChI is InChI=1S/C14H20N2O4/c1-5-19-11-9-7-6-8-10(11)15-16-12(17)20-13(2,3)14(16,4)18/h6-9,15,18H,5H2,1-4H3/t14-/m0/s1. The molecule has 1 aromatic rings. The van der Waals surface area contributed by atoms with Crippen LogP contribution in [0.5, 0.6) is 5.75 Å². The molecule has 2 rings (SSSR count). The summed E-state index contributed by atoms with van der Waals surface area (Å²) in [6.07, 6.45) is -0.633. The molecule has 1 aliphatic rings. The van der Waals surface area contributed by atoms with Crippen molar-refractivity contribution in [1.82, 2.24) is 5.01 Å². The van der Waals surface area contributed by atoms with E-state index >= 15 is 0 Å². The number of para-hydroxylation sites is 2. The maximum Gasteiger partial charge on any atom is 0.432 e. The zero-order valence-corrected chi connectivity index (χ0v) is 12.1. The Balaban J connectivity index is 2.28. The molecule has 0 unspecified atom stereocenters. The number of carbonyl (C=O) groups is 1. The van der Waals surface area contributed by atoms with Crippen LogP contribution in [0, 0.1) is 0 Å². The minimum atomic E-state index is -1.48. The molecule has 0 aliphatic carbocycles. The van der Waals surface area contributed by atoms with Gasteiger partial charge >= 0.3 is 6.09 Å². The number of aliphatic hydroxyl groups is 1. The van der Waals surface area contributed by atoms with Crippen molar-refractivity contribution >= 4 is 11.8 Å². The van der Waals surface area contributed by atoms with Gasteiger partial charge in [0.05, 0.1) is 12.3 Å². The average Bonchev–Trinajstić information content (AvgIpc) is 2.50. The molecule has 2 N–H and O–H groups in total. The van der Waals surface area contributed by atoms with Gasteiger partial charge in [-0.1, -0.05) is 12.1 Å². The Morgan fingerprint density at radius 3 is 2.55 bits per heavy atom. The molecular formula is C14H20N2O4. The second-order valence-electron chi connectivity index (χ2n) is 5.28. The summed E-state index contributed by atoms with van der Waals surface area (Å²) < 4.78 is 10.7. The molecule has 1 fully saturated rings. The van der Waals surface area contributed by atoms with Crippen LogP contribution in [0.1, 0.15) is 27.7 Å². The van der Waals surface area contributed by atoms with Crippen molar-refractivity contribution in [3.8, 4) is 5.75 Å². The number of carbonyl (C=O) groups excluding carboxylic acids is 1. The van der Waals surface area contributed by atoms with Crippen molar-refractivity contribution in [3.63, 3.8) is 0 Å². The maximum atomic E-state index is 11.9. The molecule has 20 heavy (non-hydrogen) atoms. The van der Waals surface area contributed by atoms with Crippen LogP contribution in [0.2, 0.25) is 0 Å². The van der Waals surface area contributed by atoms with Crippen LogP contribution < -0.4 is 10.2 Å². The highest BCUT2D eigenvalue weighted by molar-refractivity contribution is 5.75. The summed E-state index contributed by atoms with van der Waals surface area (Å²) in [5.74, 6) is 0.600. The summed E-state index contributed by atoms with van der Waals surface area (Å²) >= 11 is 0. The fourth-order valence-electron chi connectivity index (χ4n) is 1.92. The van der Waals surface area contributed by atoms with Gasteiger partial charge in [0.15, 0.2) is 11.3 Å². The van der Waals surface area contributed by atoms with Crippen LogP contribution in [0.25, 0.3) is 0 Å². The zero-order valence-electron chi connectivity index (χ0n) is 12.1. The summed E-state index contributed by atoms with van der Waals surface area (Å²) in [5, 5.41) is 11.6. The van der Waals surface area contributed by atoms with Gasteiger partial charge in [-0.15, -0.1) is 0 Å². The van der Waals surface area contributed by atoms with Crippen molar-refractivity contribution in [2.75, 3.05) is 12.0 Å². The molecule has 1 atom stereocenters. The van der Waals surface area contributed by atoms with Crippen LogP contribution in [-0.2, 0) is 4.74 Å². The Kier molecular flexibility index (Phi) is 3.52. The van der Waals surface area contributed by atoms with Crippen LogP contribution in [0.15, 0.2) is 24.3 Å². The first-order valence-corrected chi connectivity index (χ1v) is 6.53. The van der Waals surface area contributed by atoms with E-state index in [1.54, 1.807) is 26.0 Å². The summed E-state index contributed by atoms with van der Waals surface area (Å²) in [7, 11) is 0. The minimum Gasteiger partial charge on any atom is -0.492 e. The lowest BCUT2D eigenvalue weighted by molar-refractivity contribution is -0.121. The second kappa shape index (κ2) is 4.86. The number of ether oxygens (including phenoxy) is 2. The lowest BCUT2D eigenvalue weighted by Crippen LogP contribution is -2.55. The van der Waals surface area contributed by atoms with Crippen LogP contribution >= 0.6 is 0 Å². The van der Waals surface area contributed by atoms with Gasteiger partial charge in [-0.25, -0.2) is 4.79 Å². The summed E-state index contributed by atoms with van der Waals surface area (Å²) in [4.78, 5) is 11.9. The van der Waals surface area contributed by atoms with E-state index in [0.29, 0.717) is 18.0 Å². The number of rotatable bonds is 4. The number of hydrogen-bond acceptors (Lipinski definition) is 5. The largest absolute Gasteiger partial charge is 0.492 e. The molecule has 0 saturated carbocycles. The SMILES string of the molecule is CCOc1ccccc1NN1C(=O)OC(C)(C)[C@]1(C)O. The third kappa shape index (κ3) is 2.27.